The number of likely N-dealkylation sites (tertiary alicyclic amines) is 1. The van der Waals surface area contributed by atoms with Crippen LogP contribution in [0.1, 0.15) is 35.8 Å². The van der Waals surface area contributed by atoms with Crippen LogP contribution in [0.2, 0.25) is 0 Å². The number of hydrogen-bond acceptors (Lipinski definition) is 3. The normalized spacial score (nSPS) is 15.3. The Balaban J connectivity index is 1.44. The molecule has 0 radical (unpaired) electrons. The van der Waals surface area contributed by atoms with Crippen molar-refractivity contribution in [3.8, 4) is 5.69 Å². The van der Waals surface area contributed by atoms with Crippen LogP contribution >= 0.6 is 12.2 Å². The maximum Gasteiger partial charge on any atom is 0.274 e. The fourth-order valence-corrected chi connectivity index (χ4v) is 4.00. The van der Waals surface area contributed by atoms with E-state index in [4.69, 9.17) is 12.2 Å². The smallest absolute Gasteiger partial charge is 0.274 e. The Bertz CT molecular complexity index is 1020. The number of imidazole rings is 1. The van der Waals surface area contributed by atoms with Crippen molar-refractivity contribution in [2.45, 2.75) is 26.3 Å². The van der Waals surface area contributed by atoms with Gasteiger partial charge in [0.2, 0.25) is 0 Å². The van der Waals surface area contributed by atoms with Gasteiger partial charge in [0.25, 0.3) is 5.91 Å². The van der Waals surface area contributed by atoms with Crippen LogP contribution in [0, 0.1) is 10.7 Å². The zero-order chi connectivity index (χ0) is 20.2. The molecule has 1 fully saturated rings. The number of hydrogen-bond donors (Lipinski definition) is 2. The number of amides is 1. The summed E-state index contributed by atoms with van der Waals surface area (Å²) in [6, 6.07) is 17.8. The van der Waals surface area contributed by atoms with Crippen molar-refractivity contribution in [3.05, 3.63) is 76.8 Å². The summed E-state index contributed by atoms with van der Waals surface area (Å²) in [5.74, 6) is 0.644. The largest absolute Gasteiger partial charge is 0.336 e. The van der Waals surface area contributed by atoms with Gasteiger partial charge in [0, 0.05) is 24.1 Å². The van der Waals surface area contributed by atoms with Gasteiger partial charge in [-0.25, -0.2) is 0 Å². The third-order valence-corrected chi connectivity index (χ3v) is 5.82. The highest BCUT2D eigenvalue weighted by Crippen LogP contribution is 2.20. The molecule has 1 aliphatic heterocycles. The van der Waals surface area contributed by atoms with Crippen LogP contribution in [0.25, 0.3) is 5.69 Å². The van der Waals surface area contributed by atoms with Gasteiger partial charge >= 0.3 is 0 Å². The van der Waals surface area contributed by atoms with Crippen LogP contribution < -0.4 is 5.32 Å². The molecular weight excluding hydrogens is 380 g/mol. The minimum Gasteiger partial charge on any atom is -0.336 e. The number of carbonyl (C=O) groups excluding carboxylic acids is 1. The number of H-pyrrole nitrogens is 1. The molecular formula is C23H26N4OS. The summed E-state index contributed by atoms with van der Waals surface area (Å²) in [4.78, 5) is 18.3. The zero-order valence-electron chi connectivity index (χ0n) is 16.6. The number of aromatic nitrogens is 2. The van der Waals surface area contributed by atoms with E-state index in [0.29, 0.717) is 10.5 Å². The Morgan fingerprint density at radius 3 is 2.48 bits per heavy atom. The molecule has 150 valence electrons. The molecule has 4 rings (SSSR count). The van der Waals surface area contributed by atoms with Gasteiger partial charge in [0.05, 0.1) is 0 Å². The number of carbonyl (C=O) groups is 1. The Morgan fingerprint density at radius 2 is 1.79 bits per heavy atom. The maximum absolute atomic E-state index is 12.8. The van der Waals surface area contributed by atoms with Crippen LogP contribution in [0.3, 0.4) is 0 Å². The molecule has 0 bridgehead atoms. The number of para-hydroxylation sites is 1. The third kappa shape index (κ3) is 4.66. The van der Waals surface area contributed by atoms with E-state index in [1.807, 2.05) is 42.5 Å². The zero-order valence-corrected chi connectivity index (χ0v) is 17.4. The fraction of sp³-hybridized carbons (Fsp3) is 0.304. The summed E-state index contributed by atoms with van der Waals surface area (Å²) in [5.41, 5.74) is 3.38. The molecule has 1 aromatic heterocycles. The molecule has 1 aliphatic rings. The maximum atomic E-state index is 12.8. The van der Waals surface area contributed by atoms with Crippen molar-refractivity contribution in [2.75, 3.05) is 18.4 Å². The lowest BCUT2D eigenvalue weighted by Gasteiger charge is -2.30. The van der Waals surface area contributed by atoms with Gasteiger partial charge in [-0.05, 0) is 73.9 Å². The first-order chi connectivity index (χ1) is 14.1. The first-order valence-electron chi connectivity index (χ1n) is 10.1. The minimum atomic E-state index is -0.195. The average molecular weight is 407 g/mol. The molecule has 2 heterocycles. The van der Waals surface area contributed by atoms with E-state index < -0.39 is 0 Å². The standard InChI is InChI=1S/C23H26N4OS/c1-17-11-13-26(14-12-17)16-18-7-9-19(10-8-18)25-22(28)21-15-24-23(29)27(21)20-5-3-2-4-6-20/h2-10,15,17H,11-14,16H2,1H3,(H,24,29)(H,25,28). The predicted octanol–water partition coefficient (Wildman–Crippen LogP) is 5.02. The summed E-state index contributed by atoms with van der Waals surface area (Å²) >= 11 is 5.36. The van der Waals surface area contributed by atoms with Gasteiger partial charge in [-0.3, -0.25) is 14.3 Å². The van der Waals surface area contributed by atoms with Gasteiger partial charge in [-0.15, -0.1) is 0 Å². The monoisotopic (exact) mass is 406 g/mol. The quantitative estimate of drug-likeness (QED) is 0.585. The van der Waals surface area contributed by atoms with Crippen LogP contribution in [-0.4, -0.2) is 33.4 Å². The van der Waals surface area contributed by atoms with Crippen LogP contribution in [0.15, 0.2) is 60.8 Å². The second kappa shape index (κ2) is 8.76. The number of rotatable bonds is 5. The van der Waals surface area contributed by atoms with E-state index in [1.54, 1.807) is 10.8 Å². The van der Waals surface area contributed by atoms with E-state index in [9.17, 15) is 4.79 Å². The predicted molar refractivity (Wildman–Crippen MR) is 119 cm³/mol. The van der Waals surface area contributed by atoms with E-state index in [-0.39, 0.29) is 5.91 Å². The topological polar surface area (TPSA) is 53.1 Å². The van der Waals surface area contributed by atoms with Crippen molar-refractivity contribution >= 4 is 23.8 Å². The molecule has 5 nitrogen and oxygen atoms in total. The average Bonchev–Trinajstić information content (AvgIpc) is 3.13. The molecule has 0 unspecified atom stereocenters. The van der Waals surface area contributed by atoms with Crippen molar-refractivity contribution in [3.63, 3.8) is 0 Å². The van der Waals surface area contributed by atoms with E-state index in [2.05, 4.69) is 34.3 Å². The number of anilines is 1. The second-order valence-electron chi connectivity index (χ2n) is 7.76. The van der Waals surface area contributed by atoms with Crippen molar-refractivity contribution in [1.29, 1.82) is 0 Å². The Morgan fingerprint density at radius 1 is 1.10 bits per heavy atom. The number of aromatic amines is 1. The molecule has 0 saturated carbocycles. The Hall–Kier alpha value is -2.70. The minimum absolute atomic E-state index is 0.195. The molecule has 2 aromatic carbocycles. The van der Waals surface area contributed by atoms with Gasteiger partial charge < -0.3 is 10.3 Å². The number of nitrogens with zero attached hydrogens (tertiary/aromatic N) is 2. The van der Waals surface area contributed by atoms with Crippen LogP contribution in [0.5, 0.6) is 0 Å². The molecule has 29 heavy (non-hydrogen) atoms. The summed E-state index contributed by atoms with van der Waals surface area (Å²) < 4.78 is 2.24. The van der Waals surface area contributed by atoms with E-state index >= 15 is 0 Å². The van der Waals surface area contributed by atoms with E-state index in [1.165, 1.54) is 18.4 Å². The molecule has 1 saturated heterocycles. The van der Waals surface area contributed by atoms with E-state index in [0.717, 1.165) is 36.9 Å². The third-order valence-electron chi connectivity index (χ3n) is 5.52. The summed E-state index contributed by atoms with van der Waals surface area (Å²) in [5, 5.41) is 2.98. The lowest BCUT2D eigenvalue weighted by Crippen LogP contribution is -2.32. The Labute approximate surface area is 176 Å². The molecule has 6 heteroatoms. The van der Waals surface area contributed by atoms with Crippen molar-refractivity contribution < 1.29 is 4.79 Å². The number of nitrogens with one attached hydrogen (secondary N) is 2. The van der Waals surface area contributed by atoms with Gasteiger partial charge in [0.1, 0.15) is 5.69 Å². The molecule has 0 spiro atoms. The van der Waals surface area contributed by atoms with Crippen LogP contribution in [0.4, 0.5) is 5.69 Å². The second-order valence-corrected chi connectivity index (χ2v) is 8.15. The SMILES string of the molecule is CC1CCN(Cc2ccc(NC(=O)c3c[nH]c(=S)n3-c3ccccc3)cc2)CC1. The highest BCUT2D eigenvalue weighted by molar-refractivity contribution is 7.71. The van der Waals surface area contributed by atoms with Gasteiger partial charge in [-0.2, -0.15) is 0 Å². The van der Waals surface area contributed by atoms with Crippen molar-refractivity contribution in [1.82, 2.24) is 14.5 Å². The van der Waals surface area contributed by atoms with Crippen LogP contribution in [-0.2, 0) is 6.54 Å². The first kappa shape index (κ1) is 19.6. The molecule has 3 aromatic rings. The Kier molecular flexibility index (Phi) is 5.92. The highest BCUT2D eigenvalue weighted by atomic mass is 32.1. The molecule has 2 N–H and O–H groups in total. The van der Waals surface area contributed by atoms with Gasteiger partial charge in [0.15, 0.2) is 4.77 Å². The summed E-state index contributed by atoms with van der Waals surface area (Å²) in [6.45, 7) is 5.62. The lowest BCUT2D eigenvalue weighted by molar-refractivity contribution is 0.102. The fourth-order valence-electron chi connectivity index (χ4n) is 3.74. The first-order valence-corrected chi connectivity index (χ1v) is 10.5. The molecule has 0 aliphatic carbocycles. The molecule has 0 atom stereocenters. The highest BCUT2D eigenvalue weighted by Gasteiger charge is 2.16. The number of piperidine rings is 1. The number of benzene rings is 2. The lowest BCUT2D eigenvalue weighted by atomic mass is 9.99. The summed E-state index contributed by atoms with van der Waals surface area (Å²) in [7, 11) is 0. The summed E-state index contributed by atoms with van der Waals surface area (Å²) in [6.07, 6.45) is 4.20. The van der Waals surface area contributed by atoms with Crippen molar-refractivity contribution in [2.24, 2.45) is 5.92 Å². The van der Waals surface area contributed by atoms with Gasteiger partial charge in [-0.1, -0.05) is 37.3 Å². The molecule has 1 amide bonds.